The van der Waals surface area contributed by atoms with Crippen LogP contribution in [0.25, 0.3) is 5.69 Å². The van der Waals surface area contributed by atoms with E-state index in [4.69, 9.17) is 16.7 Å². The van der Waals surface area contributed by atoms with Crippen LogP contribution >= 0.6 is 11.6 Å². The van der Waals surface area contributed by atoms with Crippen molar-refractivity contribution in [1.82, 2.24) is 14.5 Å². The molecule has 0 saturated carbocycles. The normalized spacial score (nSPS) is 14.3. The highest BCUT2D eigenvalue weighted by Gasteiger charge is 2.32. The number of aliphatic carboxylic acids is 1. The smallest absolute Gasteiger partial charge is 0.336 e. The number of hydrogen-bond acceptors (Lipinski definition) is 5. The second-order valence-electron chi connectivity index (χ2n) is 5.39. The molecule has 0 aliphatic heterocycles. The van der Waals surface area contributed by atoms with Crippen LogP contribution in [-0.2, 0) is 14.8 Å². The van der Waals surface area contributed by atoms with E-state index in [1.807, 2.05) is 0 Å². The molecule has 0 bridgehead atoms. The van der Waals surface area contributed by atoms with E-state index in [1.165, 1.54) is 4.68 Å². The Kier molecular flexibility index (Phi) is 5.00. The highest BCUT2D eigenvalue weighted by atomic mass is 35.5. The summed E-state index contributed by atoms with van der Waals surface area (Å²) >= 11 is 5.82. The molecule has 3 N–H and O–H groups in total. The SMILES string of the molecule is Cc1c(S(=O)(=O)NCC(C)(O)C(=O)O)cnn1-c1ccc(Cl)cc1. The third-order valence-corrected chi connectivity index (χ3v) is 5.15. The number of aromatic nitrogens is 2. The summed E-state index contributed by atoms with van der Waals surface area (Å²) in [5, 5.41) is 23.0. The largest absolute Gasteiger partial charge is 0.479 e. The van der Waals surface area contributed by atoms with Gasteiger partial charge in [-0.2, -0.15) is 5.10 Å². The van der Waals surface area contributed by atoms with E-state index >= 15 is 0 Å². The molecule has 1 atom stereocenters. The standard InChI is InChI=1S/C14H16ClN3O5S/c1-9-12(24(22,23)17-8-14(2,21)13(19)20)7-16-18(9)11-5-3-10(15)4-6-11/h3-7,17,21H,8H2,1-2H3,(H,19,20). The molecule has 10 heteroatoms. The number of carboxylic acids is 1. The highest BCUT2D eigenvalue weighted by molar-refractivity contribution is 7.89. The van der Waals surface area contributed by atoms with Crippen LogP contribution in [0.1, 0.15) is 12.6 Å². The van der Waals surface area contributed by atoms with E-state index < -0.39 is 28.1 Å². The van der Waals surface area contributed by atoms with Crippen LogP contribution in [0.2, 0.25) is 5.02 Å². The fourth-order valence-corrected chi connectivity index (χ4v) is 3.30. The number of halogens is 1. The summed E-state index contributed by atoms with van der Waals surface area (Å²) in [4.78, 5) is 10.7. The van der Waals surface area contributed by atoms with Gasteiger partial charge in [-0.05, 0) is 38.1 Å². The molecule has 2 rings (SSSR count). The molecule has 0 saturated heterocycles. The number of benzene rings is 1. The molecular weight excluding hydrogens is 358 g/mol. The van der Waals surface area contributed by atoms with Crippen molar-refractivity contribution in [3.05, 3.63) is 41.2 Å². The number of nitrogens with one attached hydrogen (secondary N) is 1. The molecule has 0 fully saturated rings. The summed E-state index contributed by atoms with van der Waals surface area (Å²) in [6.45, 7) is 1.89. The number of hydrogen-bond donors (Lipinski definition) is 3. The number of nitrogens with zero attached hydrogens (tertiary/aromatic N) is 2. The van der Waals surface area contributed by atoms with Gasteiger partial charge in [-0.25, -0.2) is 22.6 Å². The Balaban J connectivity index is 2.29. The molecule has 1 aromatic heterocycles. The van der Waals surface area contributed by atoms with Crippen molar-refractivity contribution in [3.63, 3.8) is 0 Å². The van der Waals surface area contributed by atoms with Crippen LogP contribution in [-0.4, -0.2) is 46.5 Å². The predicted octanol–water partition coefficient (Wildman–Crippen LogP) is 0.948. The van der Waals surface area contributed by atoms with Gasteiger partial charge in [-0.1, -0.05) is 11.6 Å². The van der Waals surface area contributed by atoms with Crippen molar-refractivity contribution in [3.8, 4) is 5.69 Å². The molecule has 0 aliphatic carbocycles. The van der Waals surface area contributed by atoms with Gasteiger partial charge >= 0.3 is 5.97 Å². The van der Waals surface area contributed by atoms with Crippen molar-refractivity contribution in [2.24, 2.45) is 0 Å². The number of carbonyl (C=O) groups is 1. The molecule has 1 unspecified atom stereocenters. The van der Waals surface area contributed by atoms with Crippen LogP contribution in [0, 0.1) is 6.92 Å². The van der Waals surface area contributed by atoms with Crippen LogP contribution in [0.3, 0.4) is 0 Å². The monoisotopic (exact) mass is 373 g/mol. The fraction of sp³-hybridized carbons (Fsp3) is 0.286. The fourth-order valence-electron chi connectivity index (χ4n) is 1.89. The average molecular weight is 374 g/mol. The quantitative estimate of drug-likeness (QED) is 0.693. The van der Waals surface area contributed by atoms with Gasteiger partial charge < -0.3 is 10.2 Å². The molecule has 1 heterocycles. The summed E-state index contributed by atoms with van der Waals surface area (Å²) in [7, 11) is -4.04. The molecule has 24 heavy (non-hydrogen) atoms. The van der Waals surface area contributed by atoms with E-state index in [-0.39, 0.29) is 4.90 Å². The summed E-state index contributed by atoms with van der Waals surface area (Å²) in [6, 6.07) is 6.66. The molecule has 130 valence electrons. The van der Waals surface area contributed by atoms with Crippen LogP contribution in [0.4, 0.5) is 0 Å². The lowest BCUT2D eigenvalue weighted by Crippen LogP contribution is -2.46. The Hall–Kier alpha value is -1.94. The van der Waals surface area contributed by atoms with Gasteiger partial charge in [0.1, 0.15) is 4.90 Å². The first-order valence-corrected chi connectivity index (χ1v) is 8.67. The number of aliphatic hydroxyl groups is 1. The Bertz CT molecular complexity index is 859. The summed E-state index contributed by atoms with van der Waals surface area (Å²) in [5.74, 6) is -1.53. The number of sulfonamides is 1. The average Bonchev–Trinajstić information content (AvgIpc) is 2.89. The van der Waals surface area contributed by atoms with Gasteiger partial charge in [0.05, 0.1) is 24.1 Å². The Labute approximate surface area is 143 Å². The van der Waals surface area contributed by atoms with Crippen LogP contribution < -0.4 is 4.72 Å². The Morgan fingerprint density at radius 3 is 2.50 bits per heavy atom. The van der Waals surface area contributed by atoms with E-state index in [2.05, 4.69) is 9.82 Å². The van der Waals surface area contributed by atoms with Crippen molar-refractivity contribution in [2.45, 2.75) is 24.3 Å². The van der Waals surface area contributed by atoms with Gasteiger partial charge in [-0.15, -0.1) is 0 Å². The third kappa shape index (κ3) is 3.75. The molecule has 0 spiro atoms. The summed E-state index contributed by atoms with van der Waals surface area (Å²) in [6.07, 6.45) is 1.15. The van der Waals surface area contributed by atoms with Gasteiger partial charge in [0.2, 0.25) is 10.0 Å². The first kappa shape index (κ1) is 18.4. The maximum absolute atomic E-state index is 12.3. The highest BCUT2D eigenvalue weighted by Crippen LogP contribution is 2.20. The van der Waals surface area contributed by atoms with E-state index in [0.29, 0.717) is 16.4 Å². The minimum atomic E-state index is -4.04. The molecule has 8 nitrogen and oxygen atoms in total. The first-order chi connectivity index (χ1) is 11.0. The molecular formula is C14H16ClN3O5S. The molecule has 0 radical (unpaired) electrons. The molecule has 1 aromatic carbocycles. The van der Waals surface area contributed by atoms with E-state index in [9.17, 15) is 18.3 Å². The Morgan fingerprint density at radius 2 is 1.96 bits per heavy atom. The summed E-state index contributed by atoms with van der Waals surface area (Å²) < 4.78 is 28.2. The first-order valence-electron chi connectivity index (χ1n) is 6.80. The second kappa shape index (κ2) is 6.52. The third-order valence-electron chi connectivity index (χ3n) is 3.39. The number of carboxylic acid groups (broad SMARTS) is 1. The van der Waals surface area contributed by atoms with Gasteiger partial charge in [-0.3, -0.25) is 0 Å². The van der Waals surface area contributed by atoms with Crippen molar-refractivity contribution < 1.29 is 23.4 Å². The minimum absolute atomic E-state index is 0.112. The van der Waals surface area contributed by atoms with E-state index in [1.54, 1.807) is 31.2 Å². The van der Waals surface area contributed by atoms with E-state index in [0.717, 1.165) is 13.1 Å². The van der Waals surface area contributed by atoms with Gasteiger partial charge in [0, 0.05) is 5.02 Å². The molecule has 0 amide bonds. The number of rotatable bonds is 6. The van der Waals surface area contributed by atoms with Gasteiger partial charge in [0.25, 0.3) is 0 Å². The zero-order valence-electron chi connectivity index (χ0n) is 12.9. The Morgan fingerprint density at radius 1 is 1.38 bits per heavy atom. The lowest BCUT2D eigenvalue weighted by molar-refractivity contribution is -0.155. The maximum atomic E-state index is 12.3. The van der Waals surface area contributed by atoms with Crippen molar-refractivity contribution in [1.29, 1.82) is 0 Å². The van der Waals surface area contributed by atoms with Crippen LogP contribution in [0.15, 0.2) is 35.4 Å². The lowest BCUT2D eigenvalue weighted by atomic mass is 10.1. The van der Waals surface area contributed by atoms with Crippen LogP contribution in [0.5, 0.6) is 0 Å². The molecule has 0 aliphatic rings. The lowest BCUT2D eigenvalue weighted by Gasteiger charge is -2.18. The minimum Gasteiger partial charge on any atom is -0.479 e. The topological polar surface area (TPSA) is 122 Å². The summed E-state index contributed by atoms with van der Waals surface area (Å²) in [5.41, 5.74) is -1.26. The predicted molar refractivity (Wildman–Crippen MR) is 86.8 cm³/mol. The van der Waals surface area contributed by atoms with Crippen molar-refractivity contribution >= 4 is 27.6 Å². The maximum Gasteiger partial charge on any atom is 0.336 e. The zero-order valence-corrected chi connectivity index (χ0v) is 14.5. The zero-order chi connectivity index (χ0) is 18.1. The van der Waals surface area contributed by atoms with Gasteiger partial charge in [0.15, 0.2) is 5.60 Å². The van der Waals surface area contributed by atoms with Crippen molar-refractivity contribution in [2.75, 3.05) is 6.54 Å². The molecule has 2 aromatic rings. The second-order valence-corrected chi connectivity index (χ2v) is 7.56.